The molecule has 0 fully saturated rings. The van der Waals surface area contributed by atoms with Crippen LogP contribution in [0.3, 0.4) is 0 Å². The third kappa shape index (κ3) is 3.19. The number of aromatic nitrogens is 1. The van der Waals surface area contributed by atoms with Crippen molar-refractivity contribution < 1.29 is 22.7 Å². The smallest absolute Gasteiger partial charge is 0.416 e. The fourth-order valence-electron chi connectivity index (χ4n) is 2.37. The molecule has 0 saturated heterocycles. The zero-order valence-corrected chi connectivity index (χ0v) is 12.7. The number of hydrogen-bond acceptors (Lipinski definition) is 3. The number of aryl methyl sites for hydroxylation is 1. The van der Waals surface area contributed by atoms with E-state index in [2.05, 4.69) is 4.98 Å². The molecule has 24 heavy (non-hydrogen) atoms. The van der Waals surface area contributed by atoms with E-state index in [9.17, 15) is 18.3 Å². The van der Waals surface area contributed by atoms with Gasteiger partial charge in [-0.25, -0.2) is 4.98 Å². The standard InChI is InChI=1S/C18H14F3NO2/c1-11-16(15(23)12-5-3-2-4-6-12)24-17(22-11)13-7-9-14(10-8-13)18(19,20)21/h2-10,15,23H,1H3. The lowest BCUT2D eigenvalue weighted by Crippen LogP contribution is -2.03. The Morgan fingerprint density at radius 1 is 1.00 bits per heavy atom. The Morgan fingerprint density at radius 3 is 2.21 bits per heavy atom. The van der Waals surface area contributed by atoms with Crippen molar-refractivity contribution in [2.45, 2.75) is 19.2 Å². The average molecular weight is 333 g/mol. The summed E-state index contributed by atoms with van der Waals surface area (Å²) in [6.07, 6.45) is -5.37. The molecule has 0 amide bonds. The van der Waals surface area contributed by atoms with Gasteiger partial charge in [0, 0.05) is 5.56 Å². The molecule has 1 unspecified atom stereocenters. The molecular formula is C18H14F3NO2. The Kier molecular flexibility index (Phi) is 4.15. The zero-order chi connectivity index (χ0) is 17.3. The van der Waals surface area contributed by atoms with Crippen LogP contribution in [0.1, 0.15) is 28.7 Å². The molecule has 3 nitrogen and oxygen atoms in total. The third-order valence-corrected chi connectivity index (χ3v) is 3.66. The van der Waals surface area contributed by atoms with Crippen molar-refractivity contribution in [3.05, 3.63) is 77.2 Å². The van der Waals surface area contributed by atoms with Gasteiger partial charge in [-0.15, -0.1) is 0 Å². The van der Waals surface area contributed by atoms with E-state index in [0.717, 1.165) is 12.1 Å². The number of rotatable bonds is 3. The van der Waals surface area contributed by atoms with Gasteiger partial charge in [-0.1, -0.05) is 30.3 Å². The van der Waals surface area contributed by atoms with Crippen LogP contribution >= 0.6 is 0 Å². The summed E-state index contributed by atoms with van der Waals surface area (Å²) < 4.78 is 43.4. The van der Waals surface area contributed by atoms with Crippen LogP contribution in [-0.4, -0.2) is 10.1 Å². The van der Waals surface area contributed by atoms with Gasteiger partial charge in [0.05, 0.1) is 11.3 Å². The Hall–Kier alpha value is -2.60. The number of halogens is 3. The summed E-state index contributed by atoms with van der Waals surface area (Å²) in [6.45, 7) is 1.68. The second-order valence-corrected chi connectivity index (χ2v) is 5.36. The molecule has 1 aromatic heterocycles. The summed E-state index contributed by atoms with van der Waals surface area (Å²) in [5.74, 6) is 0.447. The molecule has 0 aliphatic carbocycles. The maximum atomic E-state index is 12.6. The van der Waals surface area contributed by atoms with Crippen molar-refractivity contribution in [1.29, 1.82) is 0 Å². The molecule has 1 N–H and O–H groups in total. The van der Waals surface area contributed by atoms with Gasteiger partial charge in [-0.2, -0.15) is 13.2 Å². The second-order valence-electron chi connectivity index (χ2n) is 5.36. The highest BCUT2D eigenvalue weighted by Crippen LogP contribution is 2.33. The SMILES string of the molecule is Cc1nc(-c2ccc(C(F)(F)F)cc2)oc1C(O)c1ccccc1. The molecule has 0 saturated carbocycles. The van der Waals surface area contributed by atoms with Crippen LogP contribution in [0.5, 0.6) is 0 Å². The first-order valence-corrected chi connectivity index (χ1v) is 7.24. The summed E-state index contributed by atoms with van der Waals surface area (Å²) in [4.78, 5) is 4.21. The van der Waals surface area contributed by atoms with Gasteiger partial charge in [-0.05, 0) is 36.8 Å². The number of aliphatic hydroxyl groups excluding tert-OH is 1. The summed E-state index contributed by atoms with van der Waals surface area (Å²) in [7, 11) is 0. The molecular weight excluding hydrogens is 319 g/mol. The van der Waals surface area contributed by atoms with Crippen LogP contribution in [0.2, 0.25) is 0 Å². The Bertz CT molecular complexity index is 824. The molecule has 1 heterocycles. The average Bonchev–Trinajstić information content (AvgIpc) is 2.96. The first-order chi connectivity index (χ1) is 11.4. The van der Waals surface area contributed by atoms with Crippen molar-refractivity contribution in [2.24, 2.45) is 0 Å². The lowest BCUT2D eigenvalue weighted by atomic mass is 10.1. The van der Waals surface area contributed by atoms with Crippen molar-refractivity contribution in [2.75, 3.05) is 0 Å². The van der Waals surface area contributed by atoms with Crippen molar-refractivity contribution in [3.63, 3.8) is 0 Å². The predicted molar refractivity (Wildman–Crippen MR) is 82.2 cm³/mol. The van der Waals surface area contributed by atoms with Gasteiger partial charge in [0.15, 0.2) is 5.76 Å². The molecule has 124 valence electrons. The minimum absolute atomic E-state index is 0.172. The number of nitrogens with zero attached hydrogens (tertiary/aromatic N) is 1. The molecule has 3 rings (SSSR count). The van der Waals surface area contributed by atoms with Crippen molar-refractivity contribution >= 4 is 0 Å². The Labute approximate surface area is 136 Å². The summed E-state index contributed by atoms with van der Waals surface area (Å²) in [5, 5.41) is 10.4. The number of oxazole rings is 1. The lowest BCUT2D eigenvalue weighted by Gasteiger charge is -2.08. The van der Waals surface area contributed by atoms with E-state index < -0.39 is 17.8 Å². The summed E-state index contributed by atoms with van der Waals surface area (Å²) in [5.41, 5.74) is 0.814. The summed E-state index contributed by atoms with van der Waals surface area (Å²) in [6, 6.07) is 13.5. The van der Waals surface area contributed by atoms with Gasteiger partial charge in [0.2, 0.25) is 5.89 Å². The number of alkyl halides is 3. The molecule has 0 aliphatic heterocycles. The van der Waals surface area contributed by atoms with Gasteiger partial charge in [0.1, 0.15) is 6.10 Å². The van der Waals surface area contributed by atoms with Crippen LogP contribution in [0.15, 0.2) is 59.0 Å². The van der Waals surface area contributed by atoms with E-state index >= 15 is 0 Å². The minimum Gasteiger partial charge on any atom is -0.438 e. The second kappa shape index (κ2) is 6.13. The molecule has 0 aliphatic rings. The largest absolute Gasteiger partial charge is 0.438 e. The van der Waals surface area contributed by atoms with E-state index in [-0.39, 0.29) is 11.7 Å². The van der Waals surface area contributed by atoms with E-state index in [1.165, 1.54) is 12.1 Å². The fraction of sp³-hybridized carbons (Fsp3) is 0.167. The molecule has 3 aromatic rings. The highest BCUT2D eigenvalue weighted by atomic mass is 19.4. The molecule has 0 spiro atoms. The normalized spacial score (nSPS) is 13.0. The molecule has 6 heteroatoms. The van der Waals surface area contributed by atoms with E-state index in [1.54, 1.807) is 31.2 Å². The highest BCUT2D eigenvalue weighted by Gasteiger charge is 2.30. The predicted octanol–water partition coefficient (Wildman–Crippen LogP) is 4.75. The van der Waals surface area contributed by atoms with Crippen LogP contribution in [0, 0.1) is 6.92 Å². The van der Waals surface area contributed by atoms with Crippen LogP contribution < -0.4 is 0 Å². The molecule has 0 radical (unpaired) electrons. The first-order valence-electron chi connectivity index (χ1n) is 7.24. The van der Waals surface area contributed by atoms with Crippen molar-refractivity contribution in [3.8, 4) is 11.5 Å². The third-order valence-electron chi connectivity index (χ3n) is 3.66. The lowest BCUT2D eigenvalue weighted by molar-refractivity contribution is -0.137. The molecule has 1 atom stereocenters. The zero-order valence-electron chi connectivity index (χ0n) is 12.7. The van der Waals surface area contributed by atoms with Crippen molar-refractivity contribution in [1.82, 2.24) is 4.98 Å². The van der Waals surface area contributed by atoms with Crippen LogP contribution in [0.25, 0.3) is 11.5 Å². The fourth-order valence-corrected chi connectivity index (χ4v) is 2.37. The first kappa shape index (κ1) is 16.3. The molecule has 0 bridgehead atoms. The topological polar surface area (TPSA) is 46.3 Å². The minimum atomic E-state index is -4.39. The number of aliphatic hydroxyl groups is 1. The van der Waals surface area contributed by atoms with Gasteiger partial charge < -0.3 is 9.52 Å². The van der Waals surface area contributed by atoms with E-state index in [1.807, 2.05) is 6.07 Å². The number of benzene rings is 2. The maximum Gasteiger partial charge on any atom is 0.416 e. The summed E-state index contributed by atoms with van der Waals surface area (Å²) >= 11 is 0. The molecule has 2 aromatic carbocycles. The van der Waals surface area contributed by atoms with Crippen LogP contribution in [0.4, 0.5) is 13.2 Å². The Morgan fingerprint density at radius 2 is 1.62 bits per heavy atom. The number of hydrogen-bond donors (Lipinski definition) is 1. The van der Waals surface area contributed by atoms with E-state index in [0.29, 0.717) is 16.8 Å². The van der Waals surface area contributed by atoms with Gasteiger partial charge >= 0.3 is 6.18 Å². The Balaban J connectivity index is 1.92. The quantitative estimate of drug-likeness (QED) is 0.752. The van der Waals surface area contributed by atoms with E-state index in [4.69, 9.17) is 4.42 Å². The van der Waals surface area contributed by atoms with Crippen LogP contribution in [-0.2, 0) is 6.18 Å². The monoisotopic (exact) mass is 333 g/mol. The maximum absolute atomic E-state index is 12.6. The van der Waals surface area contributed by atoms with Gasteiger partial charge in [-0.3, -0.25) is 0 Å². The van der Waals surface area contributed by atoms with Gasteiger partial charge in [0.25, 0.3) is 0 Å². The highest BCUT2D eigenvalue weighted by molar-refractivity contribution is 5.54.